The Labute approximate surface area is 95.9 Å². The molecular formula is C10H18N2O3S. The van der Waals surface area contributed by atoms with Gasteiger partial charge >= 0.3 is 0 Å². The summed E-state index contributed by atoms with van der Waals surface area (Å²) in [5.74, 6) is 0.267. The molecule has 0 aromatic heterocycles. The first kappa shape index (κ1) is 11.9. The molecule has 6 heteroatoms. The topological polar surface area (TPSA) is 75.3 Å². The largest absolute Gasteiger partial charge is 0.351 e. The fraction of sp³-hybridized carbons (Fsp3) is 0.900. The van der Waals surface area contributed by atoms with Gasteiger partial charge in [-0.15, -0.1) is 0 Å². The summed E-state index contributed by atoms with van der Waals surface area (Å²) in [7, 11) is -2.91. The summed E-state index contributed by atoms with van der Waals surface area (Å²) in [6.45, 7) is 0.876. The number of sulfone groups is 1. The molecule has 2 N–H and O–H groups in total. The van der Waals surface area contributed by atoms with Gasteiger partial charge in [-0.05, 0) is 25.8 Å². The first-order valence-electron chi connectivity index (χ1n) is 5.81. The molecule has 2 rings (SSSR count). The van der Waals surface area contributed by atoms with E-state index >= 15 is 0 Å². The molecular weight excluding hydrogens is 228 g/mol. The summed E-state index contributed by atoms with van der Waals surface area (Å²) in [4.78, 5) is 11.8. The Kier molecular flexibility index (Phi) is 3.49. The SMILES string of the molecule is O=C(NC1CCS(=O)(=O)C1)[C@@H]1CCCCN1. The summed E-state index contributed by atoms with van der Waals surface area (Å²) < 4.78 is 22.5. The quantitative estimate of drug-likeness (QED) is 0.684. The van der Waals surface area contributed by atoms with Crippen molar-refractivity contribution in [2.75, 3.05) is 18.1 Å². The number of piperidine rings is 1. The predicted molar refractivity (Wildman–Crippen MR) is 60.8 cm³/mol. The number of nitrogens with one attached hydrogen (secondary N) is 2. The highest BCUT2D eigenvalue weighted by Gasteiger charge is 2.30. The van der Waals surface area contributed by atoms with Crippen molar-refractivity contribution in [2.45, 2.75) is 37.8 Å². The molecule has 0 aromatic rings. The zero-order chi connectivity index (χ0) is 11.6. The third-order valence-corrected chi connectivity index (χ3v) is 4.97. The average Bonchev–Trinajstić information content (AvgIpc) is 2.59. The fourth-order valence-corrected chi connectivity index (χ4v) is 3.96. The van der Waals surface area contributed by atoms with Crippen molar-refractivity contribution in [3.63, 3.8) is 0 Å². The minimum absolute atomic E-state index is 0.0400. The Morgan fingerprint density at radius 1 is 1.25 bits per heavy atom. The first-order valence-corrected chi connectivity index (χ1v) is 7.63. The monoisotopic (exact) mass is 246 g/mol. The average molecular weight is 246 g/mol. The van der Waals surface area contributed by atoms with Crippen LogP contribution in [0.2, 0.25) is 0 Å². The Bertz CT molecular complexity index is 360. The third kappa shape index (κ3) is 2.95. The lowest BCUT2D eigenvalue weighted by Crippen LogP contribution is -2.49. The number of hydrogen-bond donors (Lipinski definition) is 2. The van der Waals surface area contributed by atoms with Crippen LogP contribution < -0.4 is 10.6 Å². The summed E-state index contributed by atoms with van der Waals surface area (Å²) in [6.07, 6.45) is 3.59. The Hall–Kier alpha value is -0.620. The van der Waals surface area contributed by atoms with E-state index in [1.807, 2.05) is 0 Å². The zero-order valence-electron chi connectivity index (χ0n) is 9.24. The van der Waals surface area contributed by atoms with Gasteiger partial charge in [-0.2, -0.15) is 0 Å². The molecule has 2 aliphatic heterocycles. The summed E-state index contributed by atoms with van der Waals surface area (Å²) in [5.41, 5.74) is 0. The highest BCUT2D eigenvalue weighted by molar-refractivity contribution is 7.91. The molecule has 2 aliphatic rings. The van der Waals surface area contributed by atoms with Gasteiger partial charge in [-0.3, -0.25) is 4.79 Å². The van der Waals surface area contributed by atoms with Crippen LogP contribution in [-0.2, 0) is 14.6 Å². The van der Waals surface area contributed by atoms with E-state index in [0.29, 0.717) is 6.42 Å². The molecule has 0 saturated carbocycles. The molecule has 2 heterocycles. The molecule has 2 atom stereocenters. The van der Waals surface area contributed by atoms with E-state index in [-0.39, 0.29) is 29.5 Å². The molecule has 0 spiro atoms. The second-order valence-corrected chi connectivity index (χ2v) is 6.84. The number of carbonyl (C=O) groups excluding carboxylic acids is 1. The molecule has 0 aromatic carbocycles. The maximum absolute atomic E-state index is 11.8. The third-order valence-electron chi connectivity index (χ3n) is 3.21. The van der Waals surface area contributed by atoms with Crippen molar-refractivity contribution in [1.29, 1.82) is 0 Å². The van der Waals surface area contributed by atoms with Crippen LogP contribution in [0.5, 0.6) is 0 Å². The smallest absolute Gasteiger partial charge is 0.237 e. The minimum Gasteiger partial charge on any atom is -0.351 e. The summed E-state index contributed by atoms with van der Waals surface area (Å²) >= 11 is 0. The van der Waals surface area contributed by atoms with Gasteiger partial charge in [0.2, 0.25) is 5.91 Å². The van der Waals surface area contributed by atoms with Crippen molar-refractivity contribution in [1.82, 2.24) is 10.6 Å². The van der Waals surface area contributed by atoms with Crippen LogP contribution in [0.15, 0.2) is 0 Å². The molecule has 0 bridgehead atoms. The van der Waals surface area contributed by atoms with E-state index in [2.05, 4.69) is 10.6 Å². The molecule has 1 unspecified atom stereocenters. The normalized spacial score (nSPS) is 33.5. The highest BCUT2D eigenvalue weighted by atomic mass is 32.2. The maximum atomic E-state index is 11.8. The molecule has 2 saturated heterocycles. The highest BCUT2D eigenvalue weighted by Crippen LogP contribution is 2.13. The van der Waals surface area contributed by atoms with Crippen LogP contribution in [0.4, 0.5) is 0 Å². The van der Waals surface area contributed by atoms with Crippen LogP contribution in [0.3, 0.4) is 0 Å². The van der Waals surface area contributed by atoms with Crippen LogP contribution in [0.1, 0.15) is 25.7 Å². The molecule has 16 heavy (non-hydrogen) atoms. The fourth-order valence-electron chi connectivity index (χ4n) is 2.29. The number of amides is 1. The lowest BCUT2D eigenvalue weighted by Gasteiger charge is -2.24. The Morgan fingerprint density at radius 2 is 2.06 bits per heavy atom. The van der Waals surface area contributed by atoms with Crippen molar-refractivity contribution in [3.05, 3.63) is 0 Å². The van der Waals surface area contributed by atoms with Gasteiger partial charge in [-0.25, -0.2) is 8.42 Å². The number of rotatable bonds is 2. The predicted octanol–water partition coefficient (Wildman–Crippen LogP) is -0.568. The van der Waals surface area contributed by atoms with Crippen LogP contribution in [0.25, 0.3) is 0 Å². The van der Waals surface area contributed by atoms with E-state index in [0.717, 1.165) is 25.8 Å². The van der Waals surface area contributed by atoms with Gasteiger partial charge in [0.05, 0.1) is 17.5 Å². The van der Waals surface area contributed by atoms with E-state index in [1.54, 1.807) is 0 Å². The second-order valence-electron chi connectivity index (χ2n) is 4.61. The lowest BCUT2D eigenvalue weighted by atomic mass is 10.0. The van der Waals surface area contributed by atoms with E-state index < -0.39 is 9.84 Å². The Balaban J connectivity index is 1.83. The lowest BCUT2D eigenvalue weighted by molar-refractivity contribution is -0.124. The molecule has 92 valence electrons. The molecule has 1 amide bonds. The molecule has 2 fully saturated rings. The van der Waals surface area contributed by atoms with Gasteiger partial charge in [-0.1, -0.05) is 6.42 Å². The zero-order valence-corrected chi connectivity index (χ0v) is 10.1. The van der Waals surface area contributed by atoms with Crippen molar-refractivity contribution >= 4 is 15.7 Å². The van der Waals surface area contributed by atoms with Gasteiger partial charge in [0.25, 0.3) is 0 Å². The minimum atomic E-state index is -2.91. The van der Waals surface area contributed by atoms with Gasteiger partial charge in [0, 0.05) is 6.04 Å². The number of carbonyl (C=O) groups is 1. The van der Waals surface area contributed by atoms with Crippen LogP contribution in [0, 0.1) is 0 Å². The second kappa shape index (κ2) is 4.71. The van der Waals surface area contributed by atoms with Crippen molar-refractivity contribution in [3.8, 4) is 0 Å². The van der Waals surface area contributed by atoms with E-state index in [9.17, 15) is 13.2 Å². The maximum Gasteiger partial charge on any atom is 0.237 e. The molecule has 5 nitrogen and oxygen atoms in total. The van der Waals surface area contributed by atoms with Crippen LogP contribution in [-0.4, -0.2) is 44.5 Å². The molecule has 0 radical (unpaired) electrons. The number of hydrogen-bond acceptors (Lipinski definition) is 4. The van der Waals surface area contributed by atoms with Gasteiger partial charge in [0.1, 0.15) is 0 Å². The van der Waals surface area contributed by atoms with E-state index in [4.69, 9.17) is 0 Å². The van der Waals surface area contributed by atoms with Gasteiger partial charge in [0.15, 0.2) is 9.84 Å². The summed E-state index contributed by atoms with van der Waals surface area (Å²) in [5, 5.41) is 5.98. The first-order chi connectivity index (χ1) is 7.57. The van der Waals surface area contributed by atoms with Crippen LogP contribution >= 0.6 is 0 Å². The molecule has 0 aliphatic carbocycles. The van der Waals surface area contributed by atoms with Gasteiger partial charge < -0.3 is 10.6 Å². The van der Waals surface area contributed by atoms with Crippen molar-refractivity contribution < 1.29 is 13.2 Å². The Morgan fingerprint density at radius 3 is 2.62 bits per heavy atom. The standard InChI is InChI=1S/C10H18N2O3S/c13-10(9-3-1-2-5-11-9)12-8-4-6-16(14,15)7-8/h8-9,11H,1-7H2,(H,12,13)/t8?,9-/m0/s1. The van der Waals surface area contributed by atoms with Crippen molar-refractivity contribution in [2.24, 2.45) is 0 Å². The summed E-state index contributed by atoms with van der Waals surface area (Å²) in [6, 6.07) is -0.307. The van der Waals surface area contributed by atoms with E-state index in [1.165, 1.54) is 0 Å².